The van der Waals surface area contributed by atoms with Crippen LogP contribution >= 0.6 is 12.4 Å². The fraction of sp³-hybridized carbons (Fsp3) is 0.632. The number of hydrogen-bond donors (Lipinski definition) is 2. The zero-order chi connectivity index (χ0) is 16.7. The Morgan fingerprint density at radius 1 is 1.33 bits per heavy atom. The standard InChI is InChI=1S/C19H30N2O2.ClH/c1-19(2,3)16-8-4-5-9-17(16)23-14-18(22)21-12-10-15-7-6-11-20-13-15;/h4-5,8-9,15,20H,6-7,10-14H2,1-3H3,(H,21,22);1H. The molecule has 1 unspecified atom stereocenters. The topological polar surface area (TPSA) is 50.4 Å². The molecule has 0 saturated carbocycles. The minimum absolute atomic E-state index is 0. The third-order valence-corrected chi connectivity index (χ3v) is 4.33. The number of carbonyl (C=O) groups excluding carboxylic acids is 1. The molecular formula is C19H31ClN2O2. The van der Waals surface area contributed by atoms with E-state index >= 15 is 0 Å². The molecule has 1 heterocycles. The van der Waals surface area contributed by atoms with Crippen LogP contribution in [0.3, 0.4) is 0 Å². The van der Waals surface area contributed by atoms with E-state index in [9.17, 15) is 4.79 Å². The van der Waals surface area contributed by atoms with E-state index in [-0.39, 0.29) is 30.3 Å². The smallest absolute Gasteiger partial charge is 0.257 e. The van der Waals surface area contributed by atoms with E-state index in [2.05, 4.69) is 37.5 Å². The maximum absolute atomic E-state index is 12.0. The Labute approximate surface area is 152 Å². The van der Waals surface area contributed by atoms with Crippen molar-refractivity contribution in [3.63, 3.8) is 0 Å². The van der Waals surface area contributed by atoms with Crippen LogP contribution in [0.25, 0.3) is 0 Å². The van der Waals surface area contributed by atoms with Crippen molar-refractivity contribution in [2.24, 2.45) is 5.92 Å². The van der Waals surface area contributed by atoms with Crippen molar-refractivity contribution in [3.05, 3.63) is 29.8 Å². The zero-order valence-corrected chi connectivity index (χ0v) is 15.9. The van der Waals surface area contributed by atoms with Gasteiger partial charge in [-0.05, 0) is 55.3 Å². The first-order chi connectivity index (χ1) is 11.0. The number of benzene rings is 1. The number of amides is 1. The molecule has 2 rings (SSSR count). The summed E-state index contributed by atoms with van der Waals surface area (Å²) in [6, 6.07) is 7.94. The van der Waals surface area contributed by atoms with E-state index < -0.39 is 0 Å². The van der Waals surface area contributed by atoms with E-state index in [0.717, 1.165) is 37.4 Å². The molecule has 1 aromatic rings. The number of ether oxygens (including phenoxy) is 1. The number of nitrogens with one attached hydrogen (secondary N) is 2. The molecule has 0 radical (unpaired) electrons. The quantitative estimate of drug-likeness (QED) is 0.824. The van der Waals surface area contributed by atoms with Crippen LogP contribution in [0.5, 0.6) is 5.75 Å². The molecule has 1 aliphatic rings. The number of para-hydroxylation sites is 1. The molecule has 0 bridgehead atoms. The molecule has 1 aliphatic heterocycles. The lowest BCUT2D eigenvalue weighted by molar-refractivity contribution is -0.123. The highest BCUT2D eigenvalue weighted by Crippen LogP contribution is 2.30. The fourth-order valence-corrected chi connectivity index (χ4v) is 2.99. The van der Waals surface area contributed by atoms with E-state index in [1.54, 1.807) is 0 Å². The molecule has 0 aliphatic carbocycles. The number of carbonyl (C=O) groups is 1. The second-order valence-corrected chi connectivity index (χ2v) is 7.39. The van der Waals surface area contributed by atoms with Gasteiger partial charge in [0.05, 0.1) is 0 Å². The van der Waals surface area contributed by atoms with E-state index in [4.69, 9.17) is 4.74 Å². The maximum Gasteiger partial charge on any atom is 0.257 e. The van der Waals surface area contributed by atoms with Crippen molar-refractivity contribution in [2.45, 2.75) is 45.4 Å². The summed E-state index contributed by atoms with van der Waals surface area (Å²) >= 11 is 0. The summed E-state index contributed by atoms with van der Waals surface area (Å²) in [6.45, 7) is 9.45. The lowest BCUT2D eigenvalue weighted by Gasteiger charge is -2.23. The normalized spacial score (nSPS) is 17.7. The van der Waals surface area contributed by atoms with Gasteiger partial charge in [0.2, 0.25) is 0 Å². The van der Waals surface area contributed by atoms with Crippen molar-refractivity contribution in [1.29, 1.82) is 0 Å². The van der Waals surface area contributed by atoms with Gasteiger partial charge in [-0.15, -0.1) is 12.4 Å². The maximum atomic E-state index is 12.0. The first-order valence-corrected chi connectivity index (χ1v) is 8.66. The molecule has 2 N–H and O–H groups in total. The predicted octanol–water partition coefficient (Wildman–Crippen LogP) is 3.29. The molecular weight excluding hydrogens is 324 g/mol. The monoisotopic (exact) mass is 354 g/mol. The lowest BCUT2D eigenvalue weighted by Crippen LogP contribution is -2.34. The van der Waals surface area contributed by atoms with Gasteiger partial charge in [-0.3, -0.25) is 4.79 Å². The third-order valence-electron chi connectivity index (χ3n) is 4.33. The molecule has 1 amide bonds. The molecule has 5 heteroatoms. The Balaban J connectivity index is 0.00000288. The van der Waals surface area contributed by atoms with Gasteiger partial charge in [-0.1, -0.05) is 39.0 Å². The van der Waals surface area contributed by atoms with Crippen LogP contribution in [-0.2, 0) is 10.2 Å². The summed E-state index contributed by atoms with van der Waals surface area (Å²) in [5.41, 5.74) is 1.13. The minimum Gasteiger partial charge on any atom is -0.483 e. The molecule has 0 aromatic heterocycles. The van der Waals surface area contributed by atoms with Crippen molar-refractivity contribution < 1.29 is 9.53 Å². The summed E-state index contributed by atoms with van der Waals surface area (Å²) in [5.74, 6) is 1.44. The highest BCUT2D eigenvalue weighted by molar-refractivity contribution is 5.85. The molecule has 1 aromatic carbocycles. The summed E-state index contributed by atoms with van der Waals surface area (Å²) in [7, 11) is 0. The Morgan fingerprint density at radius 2 is 2.08 bits per heavy atom. The van der Waals surface area contributed by atoms with Gasteiger partial charge in [-0.25, -0.2) is 0 Å². The van der Waals surface area contributed by atoms with Crippen LogP contribution in [0.1, 0.15) is 45.6 Å². The summed E-state index contributed by atoms with van der Waals surface area (Å²) in [6.07, 6.45) is 3.54. The van der Waals surface area contributed by atoms with E-state index in [0.29, 0.717) is 5.92 Å². The SMILES string of the molecule is CC(C)(C)c1ccccc1OCC(=O)NCCC1CCCNC1.Cl. The first kappa shape index (κ1) is 20.8. The zero-order valence-electron chi connectivity index (χ0n) is 15.1. The first-order valence-electron chi connectivity index (χ1n) is 8.66. The van der Waals surface area contributed by atoms with Gasteiger partial charge >= 0.3 is 0 Å². The number of piperidine rings is 1. The molecule has 136 valence electrons. The highest BCUT2D eigenvalue weighted by atomic mass is 35.5. The Morgan fingerprint density at radius 3 is 2.75 bits per heavy atom. The summed E-state index contributed by atoms with van der Waals surface area (Å²) < 4.78 is 5.74. The van der Waals surface area contributed by atoms with Gasteiger partial charge in [0.1, 0.15) is 5.75 Å². The van der Waals surface area contributed by atoms with Gasteiger partial charge in [0, 0.05) is 6.54 Å². The second kappa shape index (κ2) is 9.90. The molecule has 24 heavy (non-hydrogen) atoms. The Kier molecular flexibility index (Phi) is 8.57. The van der Waals surface area contributed by atoms with Gasteiger partial charge in [0.25, 0.3) is 5.91 Å². The van der Waals surface area contributed by atoms with Crippen LogP contribution in [0.2, 0.25) is 0 Å². The van der Waals surface area contributed by atoms with Gasteiger partial charge < -0.3 is 15.4 Å². The van der Waals surface area contributed by atoms with Crippen molar-refractivity contribution in [2.75, 3.05) is 26.2 Å². The highest BCUT2D eigenvalue weighted by Gasteiger charge is 2.19. The predicted molar refractivity (Wildman–Crippen MR) is 101 cm³/mol. The average molecular weight is 355 g/mol. The fourth-order valence-electron chi connectivity index (χ4n) is 2.99. The van der Waals surface area contributed by atoms with Gasteiger partial charge in [-0.2, -0.15) is 0 Å². The number of rotatable bonds is 6. The van der Waals surface area contributed by atoms with Crippen LogP contribution in [0, 0.1) is 5.92 Å². The minimum atomic E-state index is -0.0440. The largest absolute Gasteiger partial charge is 0.483 e. The Hall–Kier alpha value is -1.26. The van der Waals surface area contributed by atoms with Crippen molar-refractivity contribution >= 4 is 18.3 Å². The third kappa shape index (κ3) is 6.70. The van der Waals surface area contributed by atoms with E-state index in [1.165, 1.54) is 12.8 Å². The number of hydrogen-bond acceptors (Lipinski definition) is 3. The van der Waals surface area contributed by atoms with Crippen molar-refractivity contribution in [1.82, 2.24) is 10.6 Å². The molecule has 1 atom stereocenters. The molecule has 4 nitrogen and oxygen atoms in total. The van der Waals surface area contributed by atoms with Crippen molar-refractivity contribution in [3.8, 4) is 5.75 Å². The van der Waals surface area contributed by atoms with Crippen LogP contribution in [0.4, 0.5) is 0 Å². The number of halogens is 1. The van der Waals surface area contributed by atoms with Gasteiger partial charge in [0.15, 0.2) is 6.61 Å². The van der Waals surface area contributed by atoms with Crippen LogP contribution in [-0.4, -0.2) is 32.1 Å². The van der Waals surface area contributed by atoms with E-state index in [1.807, 2.05) is 18.2 Å². The van der Waals surface area contributed by atoms with Crippen LogP contribution in [0.15, 0.2) is 24.3 Å². The summed E-state index contributed by atoms with van der Waals surface area (Å²) in [4.78, 5) is 12.0. The molecule has 1 fully saturated rings. The van der Waals surface area contributed by atoms with Crippen LogP contribution < -0.4 is 15.4 Å². The second-order valence-electron chi connectivity index (χ2n) is 7.39. The molecule has 0 spiro atoms. The Bertz CT molecular complexity index is 508. The summed E-state index contributed by atoms with van der Waals surface area (Å²) in [5, 5.41) is 6.37. The lowest BCUT2D eigenvalue weighted by atomic mass is 9.86. The molecule has 1 saturated heterocycles. The average Bonchev–Trinajstić information content (AvgIpc) is 2.53.